The number of hydrogen-bond acceptors (Lipinski definition) is 6. The highest BCUT2D eigenvalue weighted by Crippen LogP contribution is 2.35. The third-order valence-corrected chi connectivity index (χ3v) is 3.52. The molecule has 0 aliphatic rings. The summed E-state index contributed by atoms with van der Waals surface area (Å²) in [7, 11) is 1.62. The quantitative estimate of drug-likeness (QED) is 0.558. The van der Waals surface area contributed by atoms with Gasteiger partial charge in [0.2, 0.25) is 0 Å². The summed E-state index contributed by atoms with van der Waals surface area (Å²) in [5.74, 6) is 1.41. The molecule has 0 saturated carbocycles. The second-order valence-electron chi connectivity index (χ2n) is 3.93. The SMILES string of the molecule is CCCNc1ncnc(SC(C)CCO)c1OC. The Morgan fingerprint density at radius 1 is 1.50 bits per heavy atom. The number of nitrogens with zero attached hydrogens (tertiary/aromatic N) is 2. The zero-order valence-corrected chi connectivity index (χ0v) is 12.0. The molecular weight excluding hydrogens is 250 g/mol. The fraction of sp³-hybridized carbons (Fsp3) is 0.667. The van der Waals surface area contributed by atoms with Gasteiger partial charge < -0.3 is 15.2 Å². The van der Waals surface area contributed by atoms with Crippen molar-refractivity contribution < 1.29 is 9.84 Å². The number of anilines is 1. The first-order valence-electron chi connectivity index (χ1n) is 6.13. The van der Waals surface area contributed by atoms with Crippen molar-refractivity contribution in [2.75, 3.05) is 25.6 Å². The lowest BCUT2D eigenvalue weighted by atomic mass is 10.3. The van der Waals surface area contributed by atoms with Crippen molar-refractivity contribution in [2.24, 2.45) is 0 Å². The van der Waals surface area contributed by atoms with Crippen LogP contribution in [0.1, 0.15) is 26.7 Å². The van der Waals surface area contributed by atoms with Crippen molar-refractivity contribution in [3.8, 4) is 5.75 Å². The fourth-order valence-corrected chi connectivity index (χ4v) is 2.43. The molecule has 6 heteroatoms. The minimum atomic E-state index is 0.183. The van der Waals surface area contributed by atoms with Gasteiger partial charge in [0.25, 0.3) is 0 Å². The Morgan fingerprint density at radius 2 is 2.28 bits per heavy atom. The molecule has 2 N–H and O–H groups in total. The van der Waals surface area contributed by atoms with Gasteiger partial charge >= 0.3 is 0 Å². The molecule has 0 aromatic carbocycles. The minimum Gasteiger partial charge on any atom is -0.490 e. The van der Waals surface area contributed by atoms with Gasteiger partial charge in [-0.25, -0.2) is 9.97 Å². The van der Waals surface area contributed by atoms with Crippen LogP contribution in [0.15, 0.2) is 11.4 Å². The first-order chi connectivity index (χ1) is 8.72. The molecule has 0 amide bonds. The maximum absolute atomic E-state index is 8.92. The highest BCUT2D eigenvalue weighted by Gasteiger charge is 2.15. The highest BCUT2D eigenvalue weighted by molar-refractivity contribution is 7.99. The third kappa shape index (κ3) is 4.34. The predicted molar refractivity (Wildman–Crippen MR) is 74.4 cm³/mol. The van der Waals surface area contributed by atoms with Gasteiger partial charge in [0.05, 0.1) is 7.11 Å². The molecule has 5 nitrogen and oxygen atoms in total. The van der Waals surface area contributed by atoms with Gasteiger partial charge in [-0.2, -0.15) is 0 Å². The van der Waals surface area contributed by atoms with Crippen molar-refractivity contribution >= 4 is 17.6 Å². The summed E-state index contributed by atoms with van der Waals surface area (Å²) in [5, 5.41) is 13.2. The Bertz CT molecular complexity index is 363. The topological polar surface area (TPSA) is 67.3 Å². The minimum absolute atomic E-state index is 0.183. The van der Waals surface area contributed by atoms with E-state index in [9.17, 15) is 0 Å². The third-order valence-electron chi connectivity index (χ3n) is 2.37. The van der Waals surface area contributed by atoms with Crippen molar-refractivity contribution in [3.05, 3.63) is 6.33 Å². The van der Waals surface area contributed by atoms with Crippen molar-refractivity contribution in [2.45, 2.75) is 37.0 Å². The van der Waals surface area contributed by atoms with E-state index in [1.54, 1.807) is 18.9 Å². The van der Waals surface area contributed by atoms with Crippen LogP contribution in [0, 0.1) is 0 Å². The number of nitrogens with one attached hydrogen (secondary N) is 1. The average Bonchev–Trinajstić information content (AvgIpc) is 2.36. The monoisotopic (exact) mass is 271 g/mol. The van der Waals surface area contributed by atoms with E-state index in [-0.39, 0.29) is 11.9 Å². The fourth-order valence-electron chi connectivity index (χ4n) is 1.43. The largest absolute Gasteiger partial charge is 0.490 e. The van der Waals surface area contributed by atoms with E-state index in [4.69, 9.17) is 9.84 Å². The van der Waals surface area contributed by atoms with Crippen molar-refractivity contribution in [1.82, 2.24) is 9.97 Å². The molecule has 0 radical (unpaired) electrons. The van der Waals surface area contributed by atoms with Crippen LogP contribution in [0.2, 0.25) is 0 Å². The van der Waals surface area contributed by atoms with E-state index < -0.39 is 0 Å². The first kappa shape index (κ1) is 15.0. The summed E-state index contributed by atoms with van der Waals surface area (Å²) in [6, 6.07) is 0. The van der Waals surface area contributed by atoms with E-state index in [0.29, 0.717) is 5.75 Å². The van der Waals surface area contributed by atoms with E-state index in [2.05, 4.69) is 29.1 Å². The molecule has 0 fully saturated rings. The van der Waals surface area contributed by atoms with Gasteiger partial charge in [-0.05, 0) is 12.8 Å². The summed E-state index contributed by atoms with van der Waals surface area (Å²) in [6.07, 6.45) is 3.29. The predicted octanol–water partition coefficient (Wildman–Crippen LogP) is 2.17. The Morgan fingerprint density at radius 3 is 2.89 bits per heavy atom. The summed E-state index contributed by atoms with van der Waals surface area (Å²) in [4.78, 5) is 8.44. The average molecular weight is 271 g/mol. The van der Waals surface area contributed by atoms with E-state index in [1.807, 2.05) is 0 Å². The molecule has 0 aliphatic heterocycles. The summed E-state index contributed by atoms with van der Waals surface area (Å²) < 4.78 is 5.38. The number of aliphatic hydroxyl groups is 1. The second-order valence-corrected chi connectivity index (χ2v) is 5.36. The summed E-state index contributed by atoms with van der Waals surface area (Å²) in [5.41, 5.74) is 0. The molecule has 0 spiro atoms. The molecule has 0 bridgehead atoms. The van der Waals surface area contributed by atoms with Gasteiger partial charge in [0.1, 0.15) is 11.4 Å². The van der Waals surface area contributed by atoms with Crippen molar-refractivity contribution in [3.63, 3.8) is 0 Å². The molecule has 1 aromatic rings. The summed E-state index contributed by atoms with van der Waals surface area (Å²) in [6.45, 7) is 5.19. The Labute approximate surface area is 112 Å². The molecule has 1 unspecified atom stereocenters. The Balaban J connectivity index is 2.83. The molecule has 1 aromatic heterocycles. The highest BCUT2D eigenvalue weighted by atomic mass is 32.2. The van der Waals surface area contributed by atoms with Crippen LogP contribution >= 0.6 is 11.8 Å². The number of aromatic nitrogens is 2. The first-order valence-corrected chi connectivity index (χ1v) is 7.01. The number of rotatable bonds is 8. The van der Waals surface area contributed by atoms with Gasteiger partial charge in [0, 0.05) is 18.4 Å². The number of hydrogen-bond donors (Lipinski definition) is 2. The van der Waals surface area contributed by atoms with Crippen LogP contribution in [0.5, 0.6) is 5.75 Å². The normalized spacial score (nSPS) is 12.2. The summed E-state index contributed by atoms with van der Waals surface area (Å²) >= 11 is 1.59. The zero-order chi connectivity index (χ0) is 13.4. The number of ether oxygens (including phenoxy) is 1. The van der Waals surface area contributed by atoms with Crippen LogP contribution < -0.4 is 10.1 Å². The van der Waals surface area contributed by atoms with E-state index >= 15 is 0 Å². The molecule has 1 atom stereocenters. The van der Waals surface area contributed by atoms with Crippen LogP contribution in [0.4, 0.5) is 5.82 Å². The van der Waals surface area contributed by atoms with Gasteiger partial charge in [-0.3, -0.25) is 0 Å². The number of thioether (sulfide) groups is 1. The molecule has 1 heterocycles. The zero-order valence-electron chi connectivity index (χ0n) is 11.1. The van der Waals surface area contributed by atoms with Crippen LogP contribution in [0.25, 0.3) is 0 Å². The maximum Gasteiger partial charge on any atom is 0.193 e. The van der Waals surface area contributed by atoms with Crippen LogP contribution in [-0.4, -0.2) is 40.6 Å². The lowest BCUT2D eigenvalue weighted by Crippen LogP contribution is -2.07. The van der Waals surface area contributed by atoms with Crippen LogP contribution in [0.3, 0.4) is 0 Å². The molecule has 102 valence electrons. The van der Waals surface area contributed by atoms with E-state index in [0.717, 1.165) is 30.2 Å². The standard InChI is InChI=1S/C12H21N3O2S/c1-4-6-13-11-10(17-3)12(15-8-14-11)18-9(2)5-7-16/h8-9,16H,4-7H2,1-3H3,(H,13,14,15). The van der Waals surface area contributed by atoms with Crippen molar-refractivity contribution in [1.29, 1.82) is 0 Å². The molecule has 1 rings (SSSR count). The molecule has 0 saturated heterocycles. The smallest absolute Gasteiger partial charge is 0.193 e. The van der Waals surface area contributed by atoms with Crippen LogP contribution in [-0.2, 0) is 0 Å². The molecular formula is C12H21N3O2S. The molecule has 18 heavy (non-hydrogen) atoms. The lowest BCUT2D eigenvalue weighted by Gasteiger charge is -2.14. The number of methoxy groups -OCH3 is 1. The second kappa shape index (κ2) is 8.16. The van der Waals surface area contributed by atoms with Gasteiger partial charge in [0.15, 0.2) is 11.6 Å². The Kier molecular flexibility index (Phi) is 6.82. The Hall–Kier alpha value is -1.01. The van der Waals surface area contributed by atoms with Gasteiger partial charge in [-0.15, -0.1) is 0 Å². The van der Waals surface area contributed by atoms with E-state index in [1.165, 1.54) is 6.33 Å². The van der Waals surface area contributed by atoms with Gasteiger partial charge in [-0.1, -0.05) is 25.6 Å². The lowest BCUT2D eigenvalue weighted by molar-refractivity contribution is 0.289. The maximum atomic E-state index is 8.92. The number of aliphatic hydroxyl groups excluding tert-OH is 1. The molecule has 0 aliphatic carbocycles.